The molecule has 0 N–H and O–H groups in total. The first-order valence-electron chi connectivity index (χ1n) is 7.66. The lowest BCUT2D eigenvalue weighted by molar-refractivity contribution is 0.144. The monoisotopic (exact) mass is 332 g/mol. The van der Waals surface area contributed by atoms with Gasteiger partial charge in [-0.15, -0.1) is 0 Å². The Morgan fingerprint density at radius 3 is 2.35 bits per heavy atom. The molecule has 0 amide bonds. The molecule has 0 atom stereocenters. The molecule has 1 aromatic rings. The van der Waals surface area contributed by atoms with Crippen LogP contribution in [0.3, 0.4) is 0 Å². The summed E-state index contributed by atoms with van der Waals surface area (Å²) in [5.74, 6) is 0. The van der Waals surface area contributed by atoms with Gasteiger partial charge in [0.25, 0.3) is 0 Å². The second-order valence-electron chi connectivity index (χ2n) is 6.36. The van der Waals surface area contributed by atoms with Gasteiger partial charge < -0.3 is 4.90 Å². The molecule has 1 saturated carbocycles. The van der Waals surface area contributed by atoms with E-state index in [9.17, 15) is 0 Å². The fourth-order valence-electron chi connectivity index (χ4n) is 3.86. The van der Waals surface area contributed by atoms with E-state index in [0.717, 1.165) is 23.1 Å². The molecule has 3 rings (SSSR count). The van der Waals surface area contributed by atoms with E-state index in [0.29, 0.717) is 5.41 Å². The van der Waals surface area contributed by atoms with Crippen molar-refractivity contribution in [3.05, 3.63) is 28.2 Å². The Kier molecular flexibility index (Phi) is 4.03. The summed E-state index contributed by atoms with van der Waals surface area (Å²) in [4.78, 5) is 2.45. The fraction of sp³-hybridized carbons (Fsp3) is 0.588. The van der Waals surface area contributed by atoms with Crippen LogP contribution in [0.15, 0.2) is 22.7 Å². The fourth-order valence-corrected chi connectivity index (χ4v) is 4.34. The van der Waals surface area contributed by atoms with Crippen LogP contribution in [0.4, 0.5) is 5.69 Å². The summed E-state index contributed by atoms with van der Waals surface area (Å²) in [5, 5.41) is 9.09. The molecule has 2 fully saturated rings. The highest BCUT2D eigenvalue weighted by atomic mass is 79.9. The minimum atomic E-state index is 0.638. The van der Waals surface area contributed by atoms with E-state index >= 15 is 0 Å². The molecule has 0 unspecified atom stereocenters. The summed E-state index contributed by atoms with van der Waals surface area (Å²) >= 11 is 3.51. The van der Waals surface area contributed by atoms with Gasteiger partial charge >= 0.3 is 0 Å². The number of benzene rings is 1. The number of piperidine rings is 1. The summed E-state index contributed by atoms with van der Waals surface area (Å²) in [6.45, 7) is 2.28. The van der Waals surface area contributed by atoms with E-state index in [1.54, 1.807) is 0 Å². The van der Waals surface area contributed by atoms with Crippen molar-refractivity contribution < 1.29 is 0 Å². The van der Waals surface area contributed by atoms with Crippen molar-refractivity contribution in [2.45, 2.75) is 44.9 Å². The average Bonchev–Trinajstić information content (AvgIpc) is 2.48. The largest absolute Gasteiger partial charge is 0.371 e. The molecule has 1 aliphatic carbocycles. The van der Waals surface area contributed by atoms with Crippen LogP contribution in [0.1, 0.15) is 50.5 Å². The SMILES string of the molecule is N#Cc1cc(Br)cc(N2CCC3(CCCCC3)CC2)c1. The Balaban J connectivity index is 1.72. The van der Waals surface area contributed by atoms with Gasteiger partial charge in [0, 0.05) is 23.2 Å². The summed E-state index contributed by atoms with van der Waals surface area (Å²) in [6.07, 6.45) is 9.79. The molecular formula is C17H21BrN2. The Bertz CT molecular complexity index is 516. The zero-order chi connectivity index (χ0) is 14.0. The van der Waals surface area contributed by atoms with E-state index in [1.807, 2.05) is 12.1 Å². The zero-order valence-electron chi connectivity index (χ0n) is 11.9. The number of hydrogen-bond acceptors (Lipinski definition) is 2. The van der Waals surface area contributed by atoms with Gasteiger partial charge in [0.2, 0.25) is 0 Å². The number of anilines is 1. The average molecular weight is 333 g/mol. The van der Waals surface area contributed by atoms with Crippen molar-refractivity contribution in [2.75, 3.05) is 18.0 Å². The maximum absolute atomic E-state index is 9.09. The molecule has 0 bridgehead atoms. The van der Waals surface area contributed by atoms with E-state index in [1.165, 1.54) is 50.6 Å². The van der Waals surface area contributed by atoms with Gasteiger partial charge in [-0.3, -0.25) is 0 Å². The molecule has 1 saturated heterocycles. The van der Waals surface area contributed by atoms with E-state index in [-0.39, 0.29) is 0 Å². The van der Waals surface area contributed by atoms with E-state index < -0.39 is 0 Å². The number of halogens is 1. The quantitative estimate of drug-likeness (QED) is 0.733. The molecule has 106 valence electrons. The van der Waals surface area contributed by atoms with E-state index in [2.05, 4.69) is 33.0 Å². The van der Waals surface area contributed by atoms with Gasteiger partial charge in [-0.1, -0.05) is 35.2 Å². The number of nitrogens with zero attached hydrogens (tertiary/aromatic N) is 2. The Morgan fingerprint density at radius 1 is 1.00 bits per heavy atom. The van der Waals surface area contributed by atoms with Crippen LogP contribution in [0.2, 0.25) is 0 Å². The van der Waals surface area contributed by atoms with Crippen molar-refractivity contribution in [2.24, 2.45) is 5.41 Å². The minimum absolute atomic E-state index is 0.638. The second kappa shape index (κ2) is 5.77. The van der Waals surface area contributed by atoms with Crippen LogP contribution in [0.25, 0.3) is 0 Å². The maximum atomic E-state index is 9.09. The predicted molar refractivity (Wildman–Crippen MR) is 85.8 cm³/mol. The third kappa shape index (κ3) is 2.86. The molecule has 2 aliphatic rings. The first-order chi connectivity index (χ1) is 9.71. The van der Waals surface area contributed by atoms with Crippen molar-refractivity contribution in [1.82, 2.24) is 0 Å². The predicted octanol–water partition coefficient (Wildman–Crippen LogP) is 4.87. The Labute approximate surface area is 129 Å². The van der Waals surface area contributed by atoms with Gasteiger partial charge in [0.1, 0.15) is 0 Å². The highest BCUT2D eigenvalue weighted by Crippen LogP contribution is 2.45. The second-order valence-corrected chi connectivity index (χ2v) is 7.27. The summed E-state index contributed by atoms with van der Waals surface area (Å²) in [7, 11) is 0. The number of rotatable bonds is 1. The lowest BCUT2D eigenvalue weighted by Crippen LogP contribution is -2.41. The van der Waals surface area contributed by atoms with Gasteiger partial charge in [0.15, 0.2) is 0 Å². The molecule has 1 aliphatic heterocycles. The molecule has 3 heteroatoms. The Morgan fingerprint density at radius 2 is 1.70 bits per heavy atom. The summed E-state index contributed by atoms with van der Waals surface area (Å²) in [6, 6.07) is 8.29. The third-order valence-corrected chi connectivity index (χ3v) is 5.57. The van der Waals surface area contributed by atoms with Crippen molar-refractivity contribution in [3.63, 3.8) is 0 Å². The van der Waals surface area contributed by atoms with Crippen LogP contribution in [0.5, 0.6) is 0 Å². The van der Waals surface area contributed by atoms with Gasteiger partial charge in [0.05, 0.1) is 11.6 Å². The van der Waals surface area contributed by atoms with Crippen LogP contribution in [-0.4, -0.2) is 13.1 Å². The first kappa shape index (κ1) is 13.9. The zero-order valence-corrected chi connectivity index (χ0v) is 13.5. The smallest absolute Gasteiger partial charge is 0.0992 e. The standard InChI is InChI=1S/C17H21BrN2/c18-15-10-14(13-19)11-16(12-15)20-8-6-17(7-9-20)4-2-1-3-5-17/h10-12H,1-9H2. The maximum Gasteiger partial charge on any atom is 0.0992 e. The summed E-state index contributed by atoms with van der Waals surface area (Å²) < 4.78 is 1.00. The summed E-state index contributed by atoms with van der Waals surface area (Å²) in [5.41, 5.74) is 2.58. The minimum Gasteiger partial charge on any atom is -0.371 e. The normalized spacial score (nSPS) is 21.7. The highest BCUT2D eigenvalue weighted by Gasteiger charge is 2.35. The van der Waals surface area contributed by atoms with Gasteiger partial charge in [-0.25, -0.2) is 0 Å². The molecule has 1 spiro atoms. The lowest BCUT2D eigenvalue weighted by atomic mass is 9.68. The molecule has 1 heterocycles. The van der Waals surface area contributed by atoms with Gasteiger partial charge in [-0.2, -0.15) is 5.26 Å². The molecule has 20 heavy (non-hydrogen) atoms. The van der Waals surface area contributed by atoms with Crippen LogP contribution >= 0.6 is 15.9 Å². The molecule has 0 radical (unpaired) electrons. The Hall–Kier alpha value is -1.01. The topological polar surface area (TPSA) is 27.0 Å². The molecular weight excluding hydrogens is 312 g/mol. The lowest BCUT2D eigenvalue weighted by Gasteiger charge is -2.45. The van der Waals surface area contributed by atoms with Crippen molar-refractivity contribution in [1.29, 1.82) is 5.26 Å². The molecule has 1 aromatic carbocycles. The first-order valence-corrected chi connectivity index (χ1v) is 8.46. The number of hydrogen-bond donors (Lipinski definition) is 0. The highest BCUT2D eigenvalue weighted by molar-refractivity contribution is 9.10. The molecule has 2 nitrogen and oxygen atoms in total. The van der Waals surface area contributed by atoms with Crippen LogP contribution in [-0.2, 0) is 0 Å². The van der Waals surface area contributed by atoms with Crippen molar-refractivity contribution in [3.8, 4) is 6.07 Å². The number of nitriles is 1. The van der Waals surface area contributed by atoms with Gasteiger partial charge in [-0.05, 0) is 49.3 Å². The molecule has 0 aromatic heterocycles. The van der Waals surface area contributed by atoms with Crippen molar-refractivity contribution >= 4 is 21.6 Å². The van der Waals surface area contributed by atoms with Crippen LogP contribution < -0.4 is 4.90 Å². The van der Waals surface area contributed by atoms with Crippen LogP contribution in [0, 0.1) is 16.7 Å². The van der Waals surface area contributed by atoms with E-state index in [4.69, 9.17) is 5.26 Å². The third-order valence-electron chi connectivity index (χ3n) is 5.12.